The summed E-state index contributed by atoms with van der Waals surface area (Å²) in [5, 5.41) is 0. The number of hydrogen-bond acceptors (Lipinski definition) is 1. The molecule has 0 radical (unpaired) electrons. The lowest BCUT2D eigenvalue weighted by Crippen LogP contribution is -2.23. The predicted octanol–water partition coefficient (Wildman–Crippen LogP) is 3.63. The van der Waals surface area contributed by atoms with E-state index in [9.17, 15) is 0 Å². The summed E-state index contributed by atoms with van der Waals surface area (Å²) in [6.45, 7) is 11.7. The second kappa shape index (κ2) is 10.5. The van der Waals surface area contributed by atoms with Gasteiger partial charge in [0.1, 0.15) is 0 Å². The molecule has 0 bridgehead atoms. The second-order valence-electron chi connectivity index (χ2n) is 3.51. The molecule has 0 rings (SSSR count). The van der Waals surface area contributed by atoms with Crippen molar-refractivity contribution in [2.45, 2.75) is 39.5 Å². The van der Waals surface area contributed by atoms with E-state index in [1.165, 1.54) is 38.9 Å². The molecule has 0 aromatic carbocycles. The van der Waals surface area contributed by atoms with E-state index in [2.05, 4.69) is 37.5 Å². The Kier molecular flexibility index (Phi) is 10.1. The minimum absolute atomic E-state index is 1.14. The molecule has 0 aliphatic heterocycles. The summed E-state index contributed by atoms with van der Waals surface area (Å²) in [6.07, 6.45) is 11.4. The van der Waals surface area contributed by atoms with Crippen molar-refractivity contribution in [3.8, 4) is 0 Å². The molecule has 0 atom stereocenters. The SMILES string of the molecule is C=CCCC/C=C/CCN(CC)CC. The van der Waals surface area contributed by atoms with Gasteiger partial charge in [-0.25, -0.2) is 0 Å². The Balaban J connectivity index is 3.29. The van der Waals surface area contributed by atoms with Crippen LogP contribution >= 0.6 is 0 Å². The molecular weight excluding hydrogens is 170 g/mol. The van der Waals surface area contributed by atoms with E-state index in [0.717, 1.165) is 6.42 Å². The van der Waals surface area contributed by atoms with Gasteiger partial charge in [-0.3, -0.25) is 0 Å². The Morgan fingerprint density at radius 1 is 1.00 bits per heavy atom. The Labute approximate surface area is 89.5 Å². The number of allylic oxidation sites excluding steroid dienone is 2. The molecule has 0 unspecified atom stereocenters. The van der Waals surface area contributed by atoms with Gasteiger partial charge in [0, 0.05) is 6.54 Å². The van der Waals surface area contributed by atoms with E-state index < -0.39 is 0 Å². The van der Waals surface area contributed by atoms with Crippen LogP contribution in [0.25, 0.3) is 0 Å². The summed E-state index contributed by atoms with van der Waals surface area (Å²) >= 11 is 0. The topological polar surface area (TPSA) is 3.24 Å². The lowest BCUT2D eigenvalue weighted by atomic mass is 10.2. The Morgan fingerprint density at radius 2 is 1.64 bits per heavy atom. The average Bonchev–Trinajstić information content (AvgIpc) is 2.22. The van der Waals surface area contributed by atoms with Crippen LogP contribution in [0.2, 0.25) is 0 Å². The van der Waals surface area contributed by atoms with Gasteiger partial charge >= 0.3 is 0 Å². The minimum atomic E-state index is 1.14. The molecule has 0 fully saturated rings. The summed E-state index contributed by atoms with van der Waals surface area (Å²) in [5.74, 6) is 0. The van der Waals surface area contributed by atoms with Crippen LogP contribution in [0.4, 0.5) is 0 Å². The van der Waals surface area contributed by atoms with Crippen LogP contribution in [0, 0.1) is 0 Å². The highest BCUT2D eigenvalue weighted by Crippen LogP contribution is 1.98. The van der Waals surface area contributed by atoms with Crippen molar-refractivity contribution in [1.82, 2.24) is 4.90 Å². The van der Waals surface area contributed by atoms with Crippen molar-refractivity contribution in [3.63, 3.8) is 0 Å². The molecule has 0 N–H and O–H groups in total. The third-order valence-electron chi connectivity index (χ3n) is 2.45. The summed E-state index contributed by atoms with van der Waals surface area (Å²) in [4.78, 5) is 2.45. The maximum absolute atomic E-state index is 3.71. The molecule has 0 heterocycles. The molecule has 0 spiro atoms. The largest absolute Gasteiger partial charge is 0.304 e. The first kappa shape index (κ1) is 13.4. The molecule has 0 aromatic heterocycles. The number of unbranched alkanes of at least 4 members (excludes halogenated alkanes) is 2. The first-order valence-electron chi connectivity index (χ1n) is 5.83. The van der Waals surface area contributed by atoms with E-state index in [1.807, 2.05) is 6.08 Å². The highest BCUT2D eigenvalue weighted by Gasteiger charge is 1.94. The number of hydrogen-bond donors (Lipinski definition) is 0. The zero-order chi connectivity index (χ0) is 10.6. The highest BCUT2D eigenvalue weighted by molar-refractivity contribution is 4.83. The molecule has 0 saturated carbocycles. The summed E-state index contributed by atoms with van der Waals surface area (Å²) in [5.41, 5.74) is 0. The van der Waals surface area contributed by atoms with E-state index in [0.29, 0.717) is 0 Å². The summed E-state index contributed by atoms with van der Waals surface area (Å²) in [7, 11) is 0. The van der Waals surface area contributed by atoms with Crippen LogP contribution in [0.1, 0.15) is 39.5 Å². The fourth-order valence-corrected chi connectivity index (χ4v) is 1.41. The van der Waals surface area contributed by atoms with Crippen molar-refractivity contribution in [2.24, 2.45) is 0 Å². The molecule has 82 valence electrons. The van der Waals surface area contributed by atoms with Gasteiger partial charge in [-0.1, -0.05) is 32.1 Å². The maximum Gasteiger partial charge on any atom is 0.00157 e. The van der Waals surface area contributed by atoms with Crippen LogP contribution in [-0.4, -0.2) is 24.5 Å². The molecular formula is C13H25N. The van der Waals surface area contributed by atoms with E-state index in [1.54, 1.807) is 0 Å². The van der Waals surface area contributed by atoms with Crippen LogP contribution in [0.3, 0.4) is 0 Å². The molecule has 0 aliphatic carbocycles. The van der Waals surface area contributed by atoms with E-state index >= 15 is 0 Å². The Morgan fingerprint density at radius 3 is 2.21 bits per heavy atom. The zero-order valence-corrected chi connectivity index (χ0v) is 9.84. The van der Waals surface area contributed by atoms with Gasteiger partial charge in [0.15, 0.2) is 0 Å². The summed E-state index contributed by atoms with van der Waals surface area (Å²) in [6, 6.07) is 0. The molecule has 0 aliphatic rings. The molecule has 0 aromatic rings. The van der Waals surface area contributed by atoms with Crippen molar-refractivity contribution in [1.29, 1.82) is 0 Å². The van der Waals surface area contributed by atoms with Crippen molar-refractivity contribution >= 4 is 0 Å². The van der Waals surface area contributed by atoms with Crippen LogP contribution in [0.5, 0.6) is 0 Å². The molecule has 1 nitrogen and oxygen atoms in total. The van der Waals surface area contributed by atoms with Gasteiger partial charge in [-0.05, 0) is 38.8 Å². The molecule has 0 amide bonds. The van der Waals surface area contributed by atoms with Crippen molar-refractivity contribution in [2.75, 3.05) is 19.6 Å². The van der Waals surface area contributed by atoms with Gasteiger partial charge in [0.25, 0.3) is 0 Å². The third kappa shape index (κ3) is 8.06. The smallest absolute Gasteiger partial charge is 0.00157 e. The first-order chi connectivity index (χ1) is 6.85. The average molecular weight is 195 g/mol. The molecule has 14 heavy (non-hydrogen) atoms. The standard InChI is InChI=1S/C13H25N/c1-4-7-8-9-10-11-12-13-14(5-2)6-3/h4,10-11H,1,5-9,12-13H2,2-3H3/b11-10+. The third-order valence-corrected chi connectivity index (χ3v) is 2.45. The number of nitrogens with zero attached hydrogens (tertiary/aromatic N) is 1. The zero-order valence-electron chi connectivity index (χ0n) is 9.84. The van der Waals surface area contributed by atoms with Crippen LogP contribution in [0.15, 0.2) is 24.8 Å². The summed E-state index contributed by atoms with van der Waals surface area (Å²) < 4.78 is 0. The lowest BCUT2D eigenvalue weighted by molar-refractivity contribution is 0.310. The van der Waals surface area contributed by atoms with Crippen molar-refractivity contribution in [3.05, 3.63) is 24.8 Å². The van der Waals surface area contributed by atoms with Gasteiger partial charge in [0.2, 0.25) is 0 Å². The maximum atomic E-state index is 3.71. The van der Waals surface area contributed by atoms with Crippen LogP contribution < -0.4 is 0 Å². The van der Waals surface area contributed by atoms with Gasteiger partial charge in [-0.2, -0.15) is 0 Å². The predicted molar refractivity (Wildman–Crippen MR) is 65.6 cm³/mol. The van der Waals surface area contributed by atoms with Gasteiger partial charge < -0.3 is 4.90 Å². The highest BCUT2D eigenvalue weighted by atomic mass is 15.1. The fraction of sp³-hybridized carbons (Fsp3) is 0.692. The Bertz CT molecular complexity index is 145. The minimum Gasteiger partial charge on any atom is -0.304 e. The Hall–Kier alpha value is -0.560. The van der Waals surface area contributed by atoms with E-state index in [-0.39, 0.29) is 0 Å². The lowest BCUT2D eigenvalue weighted by Gasteiger charge is -2.16. The monoisotopic (exact) mass is 195 g/mol. The van der Waals surface area contributed by atoms with Crippen LogP contribution in [-0.2, 0) is 0 Å². The van der Waals surface area contributed by atoms with Crippen molar-refractivity contribution < 1.29 is 0 Å². The van der Waals surface area contributed by atoms with E-state index in [4.69, 9.17) is 0 Å². The fourth-order valence-electron chi connectivity index (χ4n) is 1.41. The number of rotatable bonds is 9. The van der Waals surface area contributed by atoms with Gasteiger partial charge in [0.05, 0.1) is 0 Å². The quantitative estimate of drug-likeness (QED) is 0.401. The second-order valence-corrected chi connectivity index (χ2v) is 3.51. The normalized spacial score (nSPS) is 11.4. The molecule has 1 heteroatoms. The van der Waals surface area contributed by atoms with Gasteiger partial charge in [-0.15, -0.1) is 6.58 Å². The first-order valence-corrected chi connectivity index (χ1v) is 5.83. The molecule has 0 saturated heterocycles.